The van der Waals surface area contributed by atoms with E-state index in [2.05, 4.69) is 10.3 Å². The number of ether oxygens (including phenoxy) is 1. The Hall–Kier alpha value is -2.83. The molecular formula is C19H24N4O3. The fraction of sp³-hybridized carbons (Fsp3) is 0.421. The van der Waals surface area contributed by atoms with Gasteiger partial charge in [-0.15, -0.1) is 0 Å². The minimum absolute atomic E-state index is 0.0963. The molecule has 0 radical (unpaired) electrons. The van der Waals surface area contributed by atoms with Crippen molar-refractivity contribution < 1.29 is 14.3 Å². The van der Waals surface area contributed by atoms with E-state index in [0.717, 1.165) is 11.3 Å². The van der Waals surface area contributed by atoms with Crippen molar-refractivity contribution in [2.24, 2.45) is 5.92 Å². The minimum Gasteiger partial charge on any atom is -0.466 e. The molecule has 1 aliphatic heterocycles. The second kappa shape index (κ2) is 8.51. The zero-order valence-electron chi connectivity index (χ0n) is 14.9. The first-order valence-electron chi connectivity index (χ1n) is 8.94. The summed E-state index contributed by atoms with van der Waals surface area (Å²) in [4.78, 5) is 30.1. The lowest BCUT2D eigenvalue weighted by Gasteiger charge is -2.31. The molecule has 2 amide bonds. The highest BCUT2D eigenvalue weighted by Crippen LogP contribution is 2.19. The fourth-order valence-corrected chi connectivity index (χ4v) is 3.17. The van der Waals surface area contributed by atoms with Crippen molar-refractivity contribution in [1.82, 2.24) is 19.8 Å². The number of likely N-dealkylation sites (tertiary alicyclic amines) is 1. The number of imidazole rings is 1. The Kier molecular flexibility index (Phi) is 5.88. The number of hydrogen-bond acceptors (Lipinski definition) is 4. The van der Waals surface area contributed by atoms with Gasteiger partial charge in [0.25, 0.3) is 0 Å². The summed E-state index contributed by atoms with van der Waals surface area (Å²) in [6, 6.07) is 7.79. The third kappa shape index (κ3) is 4.22. The molecule has 7 heteroatoms. The lowest BCUT2D eigenvalue weighted by atomic mass is 9.97. The lowest BCUT2D eigenvalue weighted by Crippen LogP contribution is -2.45. The van der Waals surface area contributed by atoms with Crippen LogP contribution in [0.5, 0.6) is 0 Å². The molecule has 1 aromatic heterocycles. The van der Waals surface area contributed by atoms with Crippen LogP contribution in [-0.2, 0) is 16.1 Å². The molecule has 1 saturated heterocycles. The molecule has 0 spiro atoms. The first-order valence-corrected chi connectivity index (χ1v) is 8.94. The predicted molar refractivity (Wildman–Crippen MR) is 96.7 cm³/mol. The normalized spacial score (nSPS) is 14.9. The number of piperidine rings is 1. The van der Waals surface area contributed by atoms with E-state index in [1.165, 1.54) is 0 Å². The van der Waals surface area contributed by atoms with Crippen molar-refractivity contribution in [3.05, 3.63) is 48.5 Å². The molecular weight excluding hydrogens is 332 g/mol. The van der Waals surface area contributed by atoms with E-state index >= 15 is 0 Å². The zero-order chi connectivity index (χ0) is 18.4. The second-order valence-electron chi connectivity index (χ2n) is 6.27. The standard InChI is InChI=1S/C19H24N4O3/c1-2-26-18(24)15-7-10-22(11-8-15)19(25)21-13-16-5-3-4-6-17(16)23-12-9-20-14-23/h3-6,9,12,14-15H,2,7-8,10-11,13H2,1H3,(H,21,25). The third-order valence-electron chi connectivity index (χ3n) is 4.61. The average molecular weight is 356 g/mol. The quantitative estimate of drug-likeness (QED) is 0.835. The minimum atomic E-state index is -0.151. The molecule has 2 aromatic rings. The molecule has 0 atom stereocenters. The van der Waals surface area contributed by atoms with Crippen molar-refractivity contribution in [3.63, 3.8) is 0 Å². The number of amides is 2. The Morgan fingerprint density at radius 1 is 1.27 bits per heavy atom. The van der Waals surface area contributed by atoms with Gasteiger partial charge in [-0.2, -0.15) is 0 Å². The number of para-hydroxylation sites is 1. The molecule has 2 heterocycles. The molecule has 1 aliphatic rings. The molecule has 0 aliphatic carbocycles. The highest BCUT2D eigenvalue weighted by atomic mass is 16.5. The van der Waals surface area contributed by atoms with Crippen LogP contribution in [0.25, 0.3) is 5.69 Å². The number of carbonyl (C=O) groups excluding carboxylic acids is 2. The number of urea groups is 1. The summed E-state index contributed by atoms with van der Waals surface area (Å²) in [7, 11) is 0. The highest BCUT2D eigenvalue weighted by Gasteiger charge is 2.28. The van der Waals surface area contributed by atoms with Crippen LogP contribution in [0.1, 0.15) is 25.3 Å². The van der Waals surface area contributed by atoms with Gasteiger partial charge >= 0.3 is 12.0 Å². The van der Waals surface area contributed by atoms with Crippen molar-refractivity contribution in [1.29, 1.82) is 0 Å². The van der Waals surface area contributed by atoms with Crippen LogP contribution in [0.4, 0.5) is 4.79 Å². The zero-order valence-corrected chi connectivity index (χ0v) is 14.9. The molecule has 0 saturated carbocycles. The number of nitrogens with zero attached hydrogens (tertiary/aromatic N) is 3. The molecule has 7 nitrogen and oxygen atoms in total. The Labute approximate surface area is 153 Å². The predicted octanol–water partition coefficient (Wildman–Crippen LogP) is 2.36. The maximum Gasteiger partial charge on any atom is 0.317 e. The summed E-state index contributed by atoms with van der Waals surface area (Å²) >= 11 is 0. The molecule has 0 unspecified atom stereocenters. The number of esters is 1. The van der Waals surface area contributed by atoms with Crippen LogP contribution >= 0.6 is 0 Å². The van der Waals surface area contributed by atoms with Gasteiger partial charge < -0.3 is 19.5 Å². The average Bonchev–Trinajstić information content (AvgIpc) is 3.21. The Bertz CT molecular complexity index is 737. The SMILES string of the molecule is CCOC(=O)C1CCN(C(=O)NCc2ccccc2-n2ccnc2)CC1. The third-order valence-corrected chi connectivity index (χ3v) is 4.61. The molecule has 0 bridgehead atoms. The maximum atomic E-state index is 12.5. The Morgan fingerprint density at radius 3 is 2.73 bits per heavy atom. The summed E-state index contributed by atoms with van der Waals surface area (Å²) in [5.74, 6) is -0.247. The van der Waals surface area contributed by atoms with E-state index in [9.17, 15) is 9.59 Å². The second-order valence-corrected chi connectivity index (χ2v) is 6.27. The molecule has 3 rings (SSSR count). The van der Waals surface area contributed by atoms with E-state index in [0.29, 0.717) is 39.1 Å². The lowest BCUT2D eigenvalue weighted by molar-refractivity contribution is -0.149. The van der Waals surface area contributed by atoms with E-state index in [4.69, 9.17) is 4.74 Å². The van der Waals surface area contributed by atoms with Gasteiger partial charge in [-0.25, -0.2) is 9.78 Å². The first-order chi connectivity index (χ1) is 12.7. The van der Waals surface area contributed by atoms with Crippen molar-refractivity contribution in [2.75, 3.05) is 19.7 Å². The van der Waals surface area contributed by atoms with Gasteiger partial charge in [0, 0.05) is 32.0 Å². The van der Waals surface area contributed by atoms with Crippen LogP contribution in [0, 0.1) is 5.92 Å². The maximum absolute atomic E-state index is 12.5. The van der Waals surface area contributed by atoms with Gasteiger partial charge in [0.2, 0.25) is 0 Å². The van der Waals surface area contributed by atoms with Gasteiger partial charge in [-0.3, -0.25) is 4.79 Å². The van der Waals surface area contributed by atoms with Crippen molar-refractivity contribution in [3.8, 4) is 5.69 Å². The molecule has 1 fully saturated rings. The number of rotatable bonds is 5. The smallest absolute Gasteiger partial charge is 0.317 e. The number of aromatic nitrogens is 2. The summed E-state index contributed by atoms with van der Waals surface area (Å²) in [6.45, 7) is 3.78. The first kappa shape index (κ1) is 18.0. The van der Waals surface area contributed by atoms with Crippen LogP contribution < -0.4 is 5.32 Å². The van der Waals surface area contributed by atoms with Crippen LogP contribution in [0.15, 0.2) is 43.0 Å². The molecule has 26 heavy (non-hydrogen) atoms. The van der Waals surface area contributed by atoms with Crippen LogP contribution in [0.2, 0.25) is 0 Å². The van der Waals surface area contributed by atoms with Gasteiger partial charge in [-0.1, -0.05) is 18.2 Å². The summed E-state index contributed by atoms with van der Waals surface area (Å²) in [5, 5.41) is 2.98. The van der Waals surface area contributed by atoms with E-state index in [1.807, 2.05) is 42.0 Å². The Balaban J connectivity index is 1.54. The summed E-state index contributed by atoms with van der Waals surface area (Å²) in [5.41, 5.74) is 2.01. The number of nitrogens with one attached hydrogen (secondary N) is 1. The molecule has 138 valence electrons. The van der Waals surface area contributed by atoms with Gasteiger partial charge in [0.15, 0.2) is 0 Å². The highest BCUT2D eigenvalue weighted by molar-refractivity contribution is 5.76. The van der Waals surface area contributed by atoms with Crippen molar-refractivity contribution >= 4 is 12.0 Å². The Morgan fingerprint density at radius 2 is 2.04 bits per heavy atom. The fourth-order valence-electron chi connectivity index (χ4n) is 3.17. The monoisotopic (exact) mass is 356 g/mol. The topological polar surface area (TPSA) is 76.5 Å². The van der Waals surface area contributed by atoms with Gasteiger partial charge in [-0.05, 0) is 31.4 Å². The number of hydrogen-bond donors (Lipinski definition) is 1. The molecule has 1 N–H and O–H groups in total. The van der Waals surface area contributed by atoms with Crippen LogP contribution in [-0.4, -0.2) is 46.1 Å². The van der Waals surface area contributed by atoms with E-state index in [1.54, 1.807) is 17.4 Å². The van der Waals surface area contributed by atoms with Gasteiger partial charge in [0.05, 0.1) is 24.5 Å². The van der Waals surface area contributed by atoms with E-state index in [-0.39, 0.29) is 17.9 Å². The van der Waals surface area contributed by atoms with Crippen LogP contribution in [0.3, 0.4) is 0 Å². The van der Waals surface area contributed by atoms with Gasteiger partial charge in [0.1, 0.15) is 0 Å². The summed E-state index contributed by atoms with van der Waals surface area (Å²) in [6.07, 6.45) is 6.64. The number of carbonyl (C=O) groups is 2. The molecule has 1 aromatic carbocycles. The van der Waals surface area contributed by atoms with E-state index < -0.39 is 0 Å². The summed E-state index contributed by atoms with van der Waals surface area (Å²) < 4.78 is 6.99. The largest absolute Gasteiger partial charge is 0.466 e. The van der Waals surface area contributed by atoms with Crippen molar-refractivity contribution in [2.45, 2.75) is 26.3 Å². The number of benzene rings is 1.